The van der Waals surface area contributed by atoms with Crippen LogP contribution in [0.2, 0.25) is 0 Å². The third-order valence-electron chi connectivity index (χ3n) is 10.5. The Kier molecular flexibility index (Phi) is 31.3. The van der Waals surface area contributed by atoms with Crippen molar-refractivity contribution in [2.24, 2.45) is 11.8 Å². The summed E-state index contributed by atoms with van der Waals surface area (Å²) in [6, 6.07) is 12.0. The number of rotatable bonds is 27. The molecule has 0 spiro atoms. The van der Waals surface area contributed by atoms with Crippen LogP contribution in [0.4, 0.5) is 11.5 Å². The van der Waals surface area contributed by atoms with Gasteiger partial charge in [0.1, 0.15) is 23.7 Å². The van der Waals surface area contributed by atoms with Gasteiger partial charge in [-0.25, -0.2) is 19.9 Å². The van der Waals surface area contributed by atoms with Gasteiger partial charge in [-0.15, -0.1) is 0 Å². The second-order valence-corrected chi connectivity index (χ2v) is 23.7. The van der Waals surface area contributed by atoms with Crippen LogP contribution in [0.5, 0.6) is 0 Å². The summed E-state index contributed by atoms with van der Waals surface area (Å²) in [7, 11) is -8.04. The van der Waals surface area contributed by atoms with E-state index in [0.29, 0.717) is 49.0 Å². The van der Waals surface area contributed by atoms with Crippen LogP contribution in [0.15, 0.2) is 66.3 Å². The summed E-state index contributed by atoms with van der Waals surface area (Å²) in [5.74, 6) is 1.51. The normalized spacial score (nSPS) is 14.1. The molecule has 5 rings (SSSR count). The van der Waals surface area contributed by atoms with Gasteiger partial charge in [0.25, 0.3) is 10.1 Å². The maximum Gasteiger partial charge on any atom is 1.00 e. The largest absolute Gasteiger partial charge is 1.00 e. The molecule has 5 N–H and O–H groups in total. The van der Waals surface area contributed by atoms with Crippen LogP contribution in [0.3, 0.4) is 0 Å². The molecule has 0 saturated heterocycles. The number of anilines is 2. The fraction of sp³-hybridized carbons (Fsp3) is 0.600. The third kappa shape index (κ3) is 24.2. The molecule has 376 valence electrons. The van der Waals surface area contributed by atoms with Gasteiger partial charge < -0.3 is 58.8 Å². The van der Waals surface area contributed by atoms with E-state index >= 15 is 0 Å². The summed E-state index contributed by atoms with van der Waals surface area (Å²) in [6.07, 6.45) is 9.47. The number of unbranched alkanes of at least 4 members (excludes halogenated alkanes) is 4. The molecule has 0 fully saturated rings. The third-order valence-corrected chi connectivity index (χ3v) is 15.0. The van der Waals surface area contributed by atoms with E-state index in [9.17, 15) is 37.5 Å². The molecule has 3 aromatic heterocycles. The van der Waals surface area contributed by atoms with E-state index in [2.05, 4.69) is 52.9 Å². The number of nitrogen functional groups attached to an aromatic ring is 1. The molecule has 4 atom stereocenters. The first-order chi connectivity index (χ1) is 31.7. The zero-order chi connectivity index (χ0) is 49.6. The number of aliphatic hydroxyl groups is 2. The number of aliphatic hydroxyl groups excluding tert-OH is 2. The van der Waals surface area contributed by atoms with E-state index in [1.165, 1.54) is 24.8 Å². The second-order valence-electron chi connectivity index (χ2n) is 17.4. The monoisotopic (exact) mass is 1040 g/mol. The van der Waals surface area contributed by atoms with Crippen LogP contribution < -0.4 is 80.0 Å². The summed E-state index contributed by atoms with van der Waals surface area (Å²) in [5, 5.41) is 22.4. The standard InChI is InChI=1S/C17H30N5O4P.C16H27O5PS.C12H17N3O2.2Na/c1-13(2)6-4-3-5-7-27(24,25)12-26-14(9-23)8-22-11-21-15-16(18)19-10-20-17(15)22;1-14(2)7-5-4-6-12-22(17,18)13-21-23(19,20)16-10-8-15(3)9-11-16;1-13-10-4-3-5-11-12(10)14-8-15(11)6-9(16)7-17-2;;/h10-11,13-14,23H,3-9,12H2,1-2H3,(H,24,25)(H2,18,19,20);8-11,14H,4-7,12-13H2,1-3H3,(H,17,18);3-5,8-9,13,16H,6-7H2,1-2H3;;/q;;;2*+1/p-2/t14-;;9-;;/m0.0../s1. The molecule has 19 nitrogen and oxygen atoms in total. The molecule has 0 radical (unpaired) electrons. The Morgan fingerprint density at radius 1 is 0.797 bits per heavy atom. The predicted octanol–water partition coefficient (Wildman–Crippen LogP) is 0.204. The van der Waals surface area contributed by atoms with Crippen LogP contribution >= 0.6 is 14.7 Å². The average Bonchev–Trinajstić information content (AvgIpc) is 3.89. The van der Waals surface area contributed by atoms with Crippen molar-refractivity contribution in [2.45, 2.75) is 116 Å². The molecular formula is C45H72N8Na2O11P2S. The summed E-state index contributed by atoms with van der Waals surface area (Å²) in [4.78, 5) is 40.5. The van der Waals surface area contributed by atoms with Gasteiger partial charge in [0.05, 0.1) is 73.6 Å². The second kappa shape index (κ2) is 33.1. The number of hydrogen-bond acceptors (Lipinski definition) is 17. The van der Waals surface area contributed by atoms with E-state index in [1.807, 2.05) is 36.7 Å². The first kappa shape index (κ1) is 65.2. The van der Waals surface area contributed by atoms with Gasteiger partial charge in [0, 0.05) is 28.9 Å². The zero-order valence-electron chi connectivity index (χ0n) is 42.0. The first-order valence-corrected chi connectivity index (χ1v) is 28.1. The Hall–Kier alpha value is -1.81. The summed E-state index contributed by atoms with van der Waals surface area (Å²) in [6.45, 7) is 11.1. The molecule has 5 aromatic rings. The molecule has 2 aromatic carbocycles. The number of hydrogen-bond donors (Lipinski definition) is 4. The van der Waals surface area contributed by atoms with Crippen molar-refractivity contribution in [3.05, 3.63) is 67.0 Å². The van der Waals surface area contributed by atoms with E-state index in [-0.39, 0.29) is 102 Å². The molecule has 3 heterocycles. The molecule has 0 saturated carbocycles. The van der Waals surface area contributed by atoms with Gasteiger partial charge in [-0.1, -0.05) is 90.0 Å². The number of aromatic nitrogens is 6. The number of methoxy groups -OCH3 is 1. The van der Waals surface area contributed by atoms with Crippen LogP contribution in [0, 0.1) is 18.8 Å². The average molecular weight is 1040 g/mol. The van der Waals surface area contributed by atoms with Crippen LogP contribution in [-0.2, 0) is 46.0 Å². The Morgan fingerprint density at radius 2 is 1.38 bits per heavy atom. The van der Waals surface area contributed by atoms with Crippen molar-refractivity contribution in [2.75, 3.05) is 63.4 Å². The number of aryl methyl sites for hydroxylation is 1. The van der Waals surface area contributed by atoms with Crippen LogP contribution in [0.1, 0.15) is 84.6 Å². The fourth-order valence-electron chi connectivity index (χ4n) is 6.76. The SMILES string of the molecule is CC(C)CCCCCP(=O)([O-])CO[C@H](CO)Cn1cnc2c(N)ncnc21.CNc1cccc2c1ncn2C[C@H](O)COC.Cc1ccc(S(=O)(=O)OCP(=O)([O-])CCCCCC(C)C)cc1.[Na+].[Na+]. The quantitative estimate of drug-likeness (QED) is 0.0237. The zero-order valence-corrected chi connectivity index (χ0v) is 48.6. The first-order valence-electron chi connectivity index (χ1n) is 22.7. The Balaban J connectivity index is 0.000000522. The van der Waals surface area contributed by atoms with Crippen molar-refractivity contribution in [1.82, 2.24) is 29.1 Å². The van der Waals surface area contributed by atoms with Crippen LogP contribution in [0.25, 0.3) is 22.2 Å². The van der Waals surface area contributed by atoms with Gasteiger partial charge >= 0.3 is 59.1 Å². The molecule has 2 unspecified atom stereocenters. The van der Waals surface area contributed by atoms with Crippen molar-refractivity contribution >= 4 is 58.6 Å². The molecule has 24 heteroatoms. The molecule has 0 aliphatic heterocycles. The van der Waals surface area contributed by atoms with Crippen LogP contribution in [-0.4, -0.2) is 112 Å². The van der Waals surface area contributed by atoms with Crippen molar-refractivity contribution in [1.29, 1.82) is 0 Å². The van der Waals surface area contributed by atoms with Crippen molar-refractivity contribution in [3.63, 3.8) is 0 Å². The van der Waals surface area contributed by atoms with Crippen molar-refractivity contribution < 1.29 is 110 Å². The minimum atomic E-state index is -4.03. The van der Waals surface area contributed by atoms with Gasteiger partial charge in [-0.2, -0.15) is 8.42 Å². The maximum absolute atomic E-state index is 12.2. The van der Waals surface area contributed by atoms with E-state index in [4.69, 9.17) is 19.4 Å². The van der Waals surface area contributed by atoms with Gasteiger partial charge in [0.15, 0.2) is 11.5 Å². The Labute approximate surface area is 452 Å². The minimum Gasteiger partial charge on any atom is -0.798 e. The van der Waals surface area contributed by atoms with Crippen molar-refractivity contribution in [3.8, 4) is 0 Å². The van der Waals surface area contributed by atoms with E-state index < -0.39 is 43.4 Å². The number of nitrogens with zero attached hydrogens (tertiary/aromatic N) is 6. The fourth-order valence-corrected chi connectivity index (χ4v) is 10.7. The number of imidazole rings is 2. The predicted molar refractivity (Wildman–Crippen MR) is 260 cm³/mol. The number of para-hydroxylation sites is 1. The number of benzene rings is 2. The number of nitrogens with two attached hydrogens (primary N) is 1. The molecule has 0 aliphatic carbocycles. The summed E-state index contributed by atoms with van der Waals surface area (Å²) >= 11 is 0. The molecular weight excluding hydrogens is 969 g/mol. The molecule has 0 bridgehead atoms. The summed E-state index contributed by atoms with van der Waals surface area (Å²) < 4.78 is 66.7. The topological polar surface area (TPSA) is 282 Å². The Morgan fingerprint density at radius 3 is 1.94 bits per heavy atom. The van der Waals surface area contributed by atoms with Gasteiger partial charge in [-0.05, 0) is 68.2 Å². The minimum absolute atomic E-state index is 0. The molecule has 0 amide bonds. The smallest absolute Gasteiger partial charge is 0.798 e. The summed E-state index contributed by atoms with van der Waals surface area (Å²) in [5.41, 5.74) is 10.6. The number of ether oxygens (including phenoxy) is 2. The number of nitrogens with one attached hydrogen (secondary N) is 1. The van der Waals surface area contributed by atoms with E-state index in [0.717, 1.165) is 60.8 Å². The number of fused-ring (bicyclic) bond motifs is 2. The Bertz CT molecular complexity index is 2430. The maximum atomic E-state index is 12.2. The molecule has 0 aliphatic rings. The van der Waals surface area contributed by atoms with E-state index in [1.54, 1.807) is 30.1 Å². The van der Waals surface area contributed by atoms with Gasteiger partial charge in [0.2, 0.25) is 0 Å². The molecule has 69 heavy (non-hydrogen) atoms. The van der Waals surface area contributed by atoms with Gasteiger partial charge in [-0.3, -0.25) is 4.18 Å².